The van der Waals surface area contributed by atoms with Crippen LogP contribution in [0, 0.1) is 13.8 Å². The Morgan fingerprint density at radius 3 is 2.79 bits per heavy atom. The van der Waals surface area contributed by atoms with Gasteiger partial charge in [0, 0.05) is 37.1 Å². The van der Waals surface area contributed by atoms with Crippen molar-refractivity contribution in [1.82, 2.24) is 24.8 Å². The molecule has 1 atom stereocenters. The molecule has 0 unspecified atom stereocenters. The predicted molar refractivity (Wildman–Crippen MR) is 109 cm³/mol. The first kappa shape index (κ1) is 18.5. The van der Waals surface area contributed by atoms with E-state index in [0.29, 0.717) is 12.4 Å². The molecule has 1 aliphatic heterocycles. The number of likely N-dealkylation sites (tertiary alicyclic amines) is 1. The monoisotopic (exact) mass is 394 g/mol. The second-order valence-electron chi connectivity index (χ2n) is 6.93. The number of carbonyl (C=O) groups is 1. The highest BCUT2D eigenvalue weighted by molar-refractivity contribution is 7.13. The Morgan fingerprint density at radius 1 is 1.21 bits per heavy atom. The molecule has 0 radical (unpaired) electrons. The summed E-state index contributed by atoms with van der Waals surface area (Å²) in [5, 5.41) is 4.12. The van der Waals surface area contributed by atoms with Gasteiger partial charge in [-0.15, -0.1) is 11.3 Å². The van der Waals surface area contributed by atoms with Gasteiger partial charge in [0.2, 0.25) is 0 Å². The van der Waals surface area contributed by atoms with E-state index in [0.717, 1.165) is 46.3 Å². The molecule has 1 N–H and O–H groups in total. The molecule has 144 valence electrons. The zero-order valence-electron chi connectivity index (χ0n) is 15.9. The Balaban J connectivity index is 1.44. The summed E-state index contributed by atoms with van der Waals surface area (Å²) in [4.78, 5) is 32.9. The van der Waals surface area contributed by atoms with Crippen LogP contribution < -0.4 is 5.32 Å². The fourth-order valence-corrected chi connectivity index (χ4v) is 4.40. The Morgan fingerprint density at radius 2 is 2.11 bits per heavy atom. The van der Waals surface area contributed by atoms with E-state index in [1.807, 2.05) is 37.1 Å². The fraction of sp³-hybridized carbons (Fsp3) is 0.350. The molecule has 0 aromatic carbocycles. The molecule has 1 amide bonds. The zero-order chi connectivity index (χ0) is 19.5. The third-order valence-corrected chi connectivity index (χ3v) is 5.91. The van der Waals surface area contributed by atoms with E-state index in [4.69, 9.17) is 0 Å². The Kier molecular flexibility index (Phi) is 5.29. The first-order valence-corrected chi connectivity index (χ1v) is 10.1. The van der Waals surface area contributed by atoms with Crippen LogP contribution in [0.5, 0.6) is 0 Å². The van der Waals surface area contributed by atoms with Crippen molar-refractivity contribution in [2.45, 2.75) is 32.6 Å². The van der Waals surface area contributed by atoms with Crippen molar-refractivity contribution in [2.75, 3.05) is 18.4 Å². The van der Waals surface area contributed by atoms with Gasteiger partial charge in [0.15, 0.2) is 0 Å². The van der Waals surface area contributed by atoms with Gasteiger partial charge in [0.25, 0.3) is 5.91 Å². The SMILES string of the molecule is Cc1nc(C)c(C(=O)N2CCC[C@H](c3ccc(Nc4cnccn4)cn3)C2)s1. The van der Waals surface area contributed by atoms with Crippen molar-refractivity contribution in [3.63, 3.8) is 0 Å². The second kappa shape index (κ2) is 8.02. The largest absolute Gasteiger partial charge is 0.338 e. The summed E-state index contributed by atoms with van der Waals surface area (Å²) in [6.45, 7) is 5.33. The number of aromatic nitrogens is 4. The molecular formula is C20H22N6OS. The lowest BCUT2D eigenvalue weighted by atomic mass is 9.94. The number of pyridine rings is 1. The topological polar surface area (TPSA) is 83.9 Å². The average Bonchev–Trinajstić information content (AvgIpc) is 3.07. The number of hydrogen-bond acceptors (Lipinski definition) is 7. The van der Waals surface area contributed by atoms with Crippen LogP contribution in [0.1, 0.15) is 44.8 Å². The third kappa shape index (κ3) is 4.01. The summed E-state index contributed by atoms with van der Waals surface area (Å²) in [6, 6.07) is 4.02. The predicted octanol–water partition coefficient (Wildman–Crippen LogP) is 3.71. The summed E-state index contributed by atoms with van der Waals surface area (Å²) < 4.78 is 0. The molecule has 28 heavy (non-hydrogen) atoms. The number of rotatable bonds is 4. The molecule has 4 heterocycles. The highest BCUT2D eigenvalue weighted by Crippen LogP contribution is 2.29. The zero-order valence-corrected chi connectivity index (χ0v) is 16.7. The smallest absolute Gasteiger partial charge is 0.265 e. The number of anilines is 2. The highest BCUT2D eigenvalue weighted by Gasteiger charge is 2.28. The molecule has 3 aromatic rings. The van der Waals surface area contributed by atoms with E-state index in [-0.39, 0.29) is 11.8 Å². The molecule has 1 aliphatic rings. The number of aryl methyl sites for hydroxylation is 2. The van der Waals surface area contributed by atoms with E-state index < -0.39 is 0 Å². The minimum absolute atomic E-state index is 0.0914. The molecule has 7 nitrogen and oxygen atoms in total. The standard InChI is InChI=1S/C20H22N6OS/c1-13-19(28-14(2)24-13)20(27)26-9-3-4-15(12-26)17-6-5-16(10-23-17)25-18-11-21-7-8-22-18/h5-8,10-11,15H,3-4,9,12H2,1-2H3,(H,22,25)/t15-/m0/s1. The van der Waals surface area contributed by atoms with Crippen molar-refractivity contribution in [3.05, 3.63) is 58.2 Å². The van der Waals surface area contributed by atoms with Crippen LogP contribution in [-0.2, 0) is 0 Å². The summed E-state index contributed by atoms with van der Waals surface area (Å²) in [6.07, 6.45) is 8.77. The van der Waals surface area contributed by atoms with E-state index >= 15 is 0 Å². The maximum atomic E-state index is 12.9. The van der Waals surface area contributed by atoms with Gasteiger partial charge >= 0.3 is 0 Å². The van der Waals surface area contributed by atoms with Gasteiger partial charge in [-0.25, -0.2) is 9.97 Å². The molecular weight excluding hydrogens is 372 g/mol. The Hall–Kier alpha value is -2.87. The normalized spacial score (nSPS) is 16.8. The van der Waals surface area contributed by atoms with Gasteiger partial charge < -0.3 is 10.2 Å². The molecule has 8 heteroatoms. The van der Waals surface area contributed by atoms with Crippen LogP contribution in [0.3, 0.4) is 0 Å². The summed E-state index contributed by atoms with van der Waals surface area (Å²) in [7, 11) is 0. The van der Waals surface area contributed by atoms with Crippen molar-refractivity contribution in [2.24, 2.45) is 0 Å². The van der Waals surface area contributed by atoms with Crippen LogP contribution in [-0.4, -0.2) is 43.8 Å². The van der Waals surface area contributed by atoms with Crippen molar-refractivity contribution >= 4 is 28.7 Å². The lowest BCUT2D eigenvalue weighted by molar-refractivity contribution is 0.0710. The Labute approximate surface area is 167 Å². The van der Waals surface area contributed by atoms with Crippen LogP contribution in [0.15, 0.2) is 36.9 Å². The first-order chi connectivity index (χ1) is 13.6. The lowest BCUT2D eigenvalue weighted by Gasteiger charge is -2.32. The number of thiazole rings is 1. The molecule has 1 saturated heterocycles. The van der Waals surface area contributed by atoms with Gasteiger partial charge in [-0.1, -0.05) is 0 Å². The van der Waals surface area contributed by atoms with Crippen LogP contribution >= 0.6 is 11.3 Å². The quantitative estimate of drug-likeness (QED) is 0.726. The van der Waals surface area contributed by atoms with Crippen LogP contribution in [0.4, 0.5) is 11.5 Å². The van der Waals surface area contributed by atoms with Crippen LogP contribution in [0.25, 0.3) is 0 Å². The van der Waals surface area contributed by atoms with E-state index in [9.17, 15) is 4.79 Å². The minimum atomic E-state index is 0.0914. The number of hydrogen-bond donors (Lipinski definition) is 1. The van der Waals surface area contributed by atoms with Crippen molar-refractivity contribution in [1.29, 1.82) is 0 Å². The van der Waals surface area contributed by atoms with Crippen LogP contribution in [0.2, 0.25) is 0 Å². The van der Waals surface area contributed by atoms with Gasteiger partial charge in [-0.3, -0.25) is 14.8 Å². The summed E-state index contributed by atoms with van der Waals surface area (Å²) in [5.74, 6) is 1.02. The second-order valence-corrected chi connectivity index (χ2v) is 8.13. The van der Waals surface area contributed by atoms with Crippen molar-refractivity contribution in [3.8, 4) is 0 Å². The summed E-state index contributed by atoms with van der Waals surface area (Å²) >= 11 is 1.48. The number of nitrogens with one attached hydrogen (secondary N) is 1. The number of amides is 1. The van der Waals surface area contributed by atoms with Gasteiger partial charge in [-0.2, -0.15) is 0 Å². The fourth-order valence-electron chi connectivity index (χ4n) is 3.51. The van der Waals surface area contributed by atoms with E-state index in [2.05, 4.69) is 25.3 Å². The Bertz CT molecular complexity index is 957. The van der Waals surface area contributed by atoms with Gasteiger partial charge in [-0.05, 0) is 38.8 Å². The molecule has 0 bridgehead atoms. The molecule has 0 saturated carbocycles. The number of piperidine rings is 1. The molecule has 1 fully saturated rings. The highest BCUT2D eigenvalue weighted by atomic mass is 32.1. The third-order valence-electron chi connectivity index (χ3n) is 4.85. The first-order valence-electron chi connectivity index (χ1n) is 9.32. The number of carbonyl (C=O) groups excluding carboxylic acids is 1. The van der Waals surface area contributed by atoms with E-state index in [1.54, 1.807) is 18.6 Å². The maximum Gasteiger partial charge on any atom is 0.265 e. The average molecular weight is 395 g/mol. The lowest BCUT2D eigenvalue weighted by Crippen LogP contribution is -2.39. The molecule has 0 spiro atoms. The number of nitrogens with zero attached hydrogens (tertiary/aromatic N) is 5. The van der Waals surface area contributed by atoms with Gasteiger partial charge in [0.1, 0.15) is 10.7 Å². The maximum absolute atomic E-state index is 12.9. The van der Waals surface area contributed by atoms with E-state index in [1.165, 1.54) is 11.3 Å². The molecule has 0 aliphatic carbocycles. The molecule has 4 rings (SSSR count). The van der Waals surface area contributed by atoms with Gasteiger partial charge in [0.05, 0.1) is 28.8 Å². The minimum Gasteiger partial charge on any atom is -0.338 e. The van der Waals surface area contributed by atoms with Crippen molar-refractivity contribution < 1.29 is 4.79 Å². The summed E-state index contributed by atoms with van der Waals surface area (Å²) in [5.41, 5.74) is 2.70. The molecule has 3 aromatic heterocycles.